The van der Waals surface area contributed by atoms with Crippen LogP contribution in [0.5, 0.6) is 5.75 Å². The number of nitrogens with zero attached hydrogens (tertiary/aromatic N) is 1. The van der Waals surface area contributed by atoms with Gasteiger partial charge in [-0.1, -0.05) is 48.9 Å². The maximum Gasteiger partial charge on any atom is 0.387 e. The van der Waals surface area contributed by atoms with E-state index in [4.69, 9.17) is 22.3 Å². The molecule has 1 saturated carbocycles. The van der Waals surface area contributed by atoms with Gasteiger partial charge >= 0.3 is 6.61 Å². The number of rotatable bonds is 11. The maximum absolute atomic E-state index is 13.0. The highest BCUT2D eigenvalue weighted by molar-refractivity contribution is 7.91. The van der Waals surface area contributed by atoms with Gasteiger partial charge in [-0.05, 0) is 61.1 Å². The zero-order valence-corrected chi connectivity index (χ0v) is 23.2. The number of amides is 1. The normalized spacial score (nSPS) is 15.3. The number of benzene rings is 3. The second kappa shape index (κ2) is 11.2. The van der Waals surface area contributed by atoms with Crippen LogP contribution in [0.1, 0.15) is 43.5 Å². The number of hydrogen-bond acceptors (Lipinski definition) is 5. The first-order valence-electron chi connectivity index (χ1n) is 12.9. The minimum Gasteiger partial charge on any atom is -0.434 e. The van der Waals surface area contributed by atoms with Crippen LogP contribution in [-0.4, -0.2) is 36.7 Å². The molecule has 3 N–H and O–H groups in total. The van der Waals surface area contributed by atoms with Gasteiger partial charge in [0.2, 0.25) is 5.91 Å². The third-order valence-corrected chi connectivity index (χ3v) is 9.45. The molecule has 1 aromatic heterocycles. The monoisotopic (exact) mass is 587 g/mol. The Hall–Kier alpha value is -3.50. The van der Waals surface area contributed by atoms with Crippen LogP contribution in [-0.2, 0) is 14.6 Å². The first-order chi connectivity index (χ1) is 19.1. The van der Waals surface area contributed by atoms with Crippen molar-refractivity contribution in [2.75, 3.05) is 5.75 Å². The van der Waals surface area contributed by atoms with Gasteiger partial charge in [0.15, 0.2) is 9.84 Å². The molecule has 1 fully saturated rings. The number of halogens is 3. The molecule has 1 aliphatic rings. The summed E-state index contributed by atoms with van der Waals surface area (Å²) in [6, 6.07) is 16.1. The van der Waals surface area contributed by atoms with Crippen molar-refractivity contribution >= 4 is 38.4 Å². The molecule has 11 heteroatoms. The summed E-state index contributed by atoms with van der Waals surface area (Å²) in [6.07, 6.45) is 2.28. The molecular weight excluding hydrogens is 560 g/mol. The third kappa shape index (κ3) is 5.83. The Kier molecular flexibility index (Phi) is 7.83. The number of aromatic nitrogens is 2. The minimum atomic E-state index is -3.40. The lowest BCUT2D eigenvalue weighted by Gasteiger charge is -2.23. The zero-order chi connectivity index (χ0) is 28.6. The number of hydrogen-bond donors (Lipinski definition) is 2. The van der Waals surface area contributed by atoms with Crippen LogP contribution in [0.25, 0.3) is 22.2 Å². The summed E-state index contributed by atoms with van der Waals surface area (Å²) in [5.41, 5.74) is 8.36. The number of alkyl halides is 2. The molecule has 1 unspecified atom stereocenters. The van der Waals surface area contributed by atoms with Crippen molar-refractivity contribution in [2.45, 2.75) is 43.6 Å². The fourth-order valence-corrected chi connectivity index (χ4v) is 7.01. The van der Waals surface area contributed by atoms with Gasteiger partial charge in [-0.2, -0.15) is 8.78 Å². The molecule has 210 valence electrons. The predicted octanol–water partition coefficient (Wildman–Crippen LogP) is 6.31. The molecule has 4 aromatic rings. The fourth-order valence-electron chi connectivity index (χ4n) is 5.05. The Morgan fingerprint density at radius 1 is 1.12 bits per heavy atom. The molecule has 1 heterocycles. The average molecular weight is 588 g/mol. The van der Waals surface area contributed by atoms with Crippen LogP contribution >= 0.6 is 11.6 Å². The van der Waals surface area contributed by atoms with E-state index in [1.807, 2.05) is 6.92 Å². The molecule has 7 nitrogen and oxygen atoms in total. The van der Waals surface area contributed by atoms with Gasteiger partial charge in [-0.3, -0.25) is 4.79 Å². The van der Waals surface area contributed by atoms with Crippen molar-refractivity contribution in [2.24, 2.45) is 17.6 Å². The van der Waals surface area contributed by atoms with Crippen molar-refractivity contribution in [3.8, 4) is 16.9 Å². The topological polar surface area (TPSA) is 115 Å². The SMILES string of the molecule is CC[C@H](C(N)=O)C(c1ccc(S(=O)(=O)CC2CC2)cc1)c1nc2cc(-c3ccccc3OC(F)F)c(Cl)cc2[nH]1. The second-order valence-electron chi connectivity index (χ2n) is 10.0. The van der Waals surface area contributed by atoms with Crippen LogP contribution in [0.3, 0.4) is 0 Å². The molecule has 0 spiro atoms. The molecule has 0 saturated heterocycles. The zero-order valence-electron chi connectivity index (χ0n) is 21.6. The molecule has 3 aromatic carbocycles. The van der Waals surface area contributed by atoms with E-state index >= 15 is 0 Å². The van der Waals surface area contributed by atoms with Crippen LogP contribution in [0, 0.1) is 11.8 Å². The number of carbonyl (C=O) groups is 1. The van der Waals surface area contributed by atoms with Crippen LogP contribution < -0.4 is 10.5 Å². The molecule has 40 heavy (non-hydrogen) atoms. The van der Waals surface area contributed by atoms with E-state index in [-0.39, 0.29) is 27.3 Å². The lowest BCUT2D eigenvalue weighted by molar-refractivity contribution is -0.122. The molecule has 0 bridgehead atoms. The van der Waals surface area contributed by atoms with E-state index in [2.05, 4.69) is 9.72 Å². The van der Waals surface area contributed by atoms with Crippen molar-refractivity contribution in [1.82, 2.24) is 9.97 Å². The van der Waals surface area contributed by atoms with E-state index in [1.54, 1.807) is 54.6 Å². The van der Waals surface area contributed by atoms with Crippen LogP contribution in [0.2, 0.25) is 5.02 Å². The number of ether oxygens (including phenoxy) is 1. The molecule has 0 aliphatic heterocycles. The minimum absolute atomic E-state index is 0.0242. The number of fused-ring (bicyclic) bond motifs is 1. The van der Waals surface area contributed by atoms with E-state index in [0.29, 0.717) is 40.0 Å². The fraction of sp³-hybridized carbons (Fsp3) is 0.310. The summed E-state index contributed by atoms with van der Waals surface area (Å²) in [4.78, 5) is 20.7. The number of imidazole rings is 1. The largest absolute Gasteiger partial charge is 0.434 e. The van der Waals surface area contributed by atoms with Gasteiger partial charge in [0, 0.05) is 11.1 Å². The number of primary amides is 1. The number of sulfone groups is 1. The van der Waals surface area contributed by atoms with E-state index in [0.717, 1.165) is 12.8 Å². The predicted molar refractivity (Wildman–Crippen MR) is 149 cm³/mol. The lowest BCUT2D eigenvalue weighted by atomic mass is 9.83. The Morgan fingerprint density at radius 3 is 2.45 bits per heavy atom. The third-order valence-electron chi connectivity index (χ3n) is 7.23. The smallest absolute Gasteiger partial charge is 0.387 e. The molecule has 0 radical (unpaired) electrons. The van der Waals surface area contributed by atoms with Crippen LogP contribution in [0.15, 0.2) is 65.6 Å². The number of aromatic amines is 1. The lowest BCUT2D eigenvalue weighted by Crippen LogP contribution is -2.29. The Bertz CT molecular complexity index is 1650. The van der Waals surface area contributed by atoms with Crippen molar-refractivity contribution in [3.63, 3.8) is 0 Å². The van der Waals surface area contributed by atoms with Crippen molar-refractivity contribution in [1.29, 1.82) is 0 Å². The highest BCUT2D eigenvalue weighted by atomic mass is 35.5. The van der Waals surface area contributed by atoms with Gasteiger partial charge in [-0.25, -0.2) is 13.4 Å². The summed E-state index contributed by atoms with van der Waals surface area (Å²) in [6.45, 7) is -1.16. The highest BCUT2D eigenvalue weighted by Gasteiger charge is 2.32. The van der Waals surface area contributed by atoms with Gasteiger partial charge in [0.1, 0.15) is 11.6 Å². The summed E-state index contributed by atoms with van der Waals surface area (Å²) in [5.74, 6) is -0.972. The quantitative estimate of drug-likeness (QED) is 0.213. The van der Waals surface area contributed by atoms with E-state index < -0.39 is 34.2 Å². The summed E-state index contributed by atoms with van der Waals surface area (Å²) in [5, 5.41) is 0.289. The first-order valence-corrected chi connectivity index (χ1v) is 15.0. The standard InChI is InChI=1S/C29H28ClF2N3O4S/c1-2-19(27(33)36)26(17-9-11-18(12-10-17)40(37,38)15-16-7-8-16)28-34-23-13-21(22(30)14-24(23)35-28)20-5-3-4-6-25(20)39-29(31)32/h3-6,9-14,16,19,26,29H,2,7-8,15H2,1H3,(H2,33,36)(H,34,35)/t19-,26?/m0/s1. The molecule has 2 atom stereocenters. The Labute approximate surface area is 235 Å². The van der Waals surface area contributed by atoms with Crippen molar-refractivity contribution < 1.29 is 26.7 Å². The molecule has 1 amide bonds. The first kappa shape index (κ1) is 28.0. The Morgan fingerprint density at radius 2 is 1.82 bits per heavy atom. The van der Waals surface area contributed by atoms with E-state index in [1.165, 1.54) is 6.07 Å². The van der Waals surface area contributed by atoms with Gasteiger partial charge in [-0.15, -0.1) is 0 Å². The number of para-hydroxylation sites is 1. The highest BCUT2D eigenvalue weighted by Crippen LogP contribution is 2.40. The Balaban J connectivity index is 1.56. The summed E-state index contributed by atoms with van der Waals surface area (Å²) < 4.78 is 56.2. The number of nitrogens with two attached hydrogens (primary N) is 1. The van der Waals surface area contributed by atoms with E-state index in [9.17, 15) is 22.0 Å². The average Bonchev–Trinajstić information content (AvgIpc) is 3.62. The van der Waals surface area contributed by atoms with Gasteiger partial charge in [0.25, 0.3) is 0 Å². The van der Waals surface area contributed by atoms with Crippen molar-refractivity contribution in [3.05, 3.63) is 77.1 Å². The number of carbonyl (C=O) groups excluding carboxylic acids is 1. The summed E-state index contributed by atoms with van der Waals surface area (Å²) in [7, 11) is -3.40. The molecular formula is C29H28ClF2N3O4S. The molecule has 5 rings (SSSR count). The van der Waals surface area contributed by atoms with Gasteiger partial charge < -0.3 is 15.5 Å². The molecule has 1 aliphatic carbocycles. The summed E-state index contributed by atoms with van der Waals surface area (Å²) >= 11 is 6.57. The maximum atomic E-state index is 13.0. The van der Waals surface area contributed by atoms with Gasteiger partial charge in [0.05, 0.1) is 38.5 Å². The van der Waals surface area contributed by atoms with Crippen LogP contribution in [0.4, 0.5) is 8.78 Å². The second-order valence-corrected chi connectivity index (χ2v) is 12.5. The number of H-pyrrole nitrogens is 1. The number of nitrogens with one attached hydrogen (secondary N) is 1.